The largest absolute Gasteiger partial charge is 0.481 e. The second kappa shape index (κ2) is 5.36. The summed E-state index contributed by atoms with van der Waals surface area (Å²) in [7, 11) is 1.54. The molecule has 0 aliphatic rings. The fourth-order valence-electron chi connectivity index (χ4n) is 2.32. The molecule has 2 aromatic heterocycles. The summed E-state index contributed by atoms with van der Waals surface area (Å²) in [4.78, 5) is 7.47. The molecule has 0 atom stereocenters. The van der Waals surface area contributed by atoms with Gasteiger partial charge >= 0.3 is 6.18 Å². The summed E-state index contributed by atoms with van der Waals surface area (Å²) >= 11 is 0. The number of hydrogen-bond acceptors (Lipinski definition) is 2. The molecule has 0 fully saturated rings. The molecule has 3 nitrogen and oxygen atoms in total. The van der Waals surface area contributed by atoms with Gasteiger partial charge in [0.05, 0.1) is 23.7 Å². The first-order valence-corrected chi connectivity index (χ1v) is 6.64. The van der Waals surface area contributed by atoms with Crippen LogP contribution in [0.15, 0.2) is 42.6 Å². The molecule has 0 radical (unpaired) electrons. The molecule has 0 unspecified atom stereocenters. The molecule has 0 saturated heterocycles. The van der Waals surface area contributed by atoms with E-state index in [2.05, 4.69) is 9.97 Å². The summed E-state index contributed by atoms with van der Waals surface area (Å²) in [6, 6.07) is 8.78. The van der Waals surface area contributed by atoms with E-state index in [1.165, 1.54) is 19.2 Å². The van der Waals surface area contributed by atoms with Crippen LogP contribution in [-0.2, 0) is 12.6 Å². The van der Waals surface area contributed by atoms with Crippen molar-refractivity contribution >= 4 is 11.0 Å². The number of aromatic amines is 1. The molecule has 0 saturated carbocycles. The van der Waals surface area contributed by atoms with Crippen molar-refractivity contribution in [2.45, 2.75) is 12.6 Å². The number of ether oxygens (including phenoxy) is 1. The zero-order chi connectivity index (χ0) is 15.7. The molecule has 0 aliphatic carbocycles. The van der Waals surface area contributed by atoms with E-state index in [0.29, 0.717) is 12.3 Å². The summed E-state index contributed by atoms with van der Waals surface area (Å²) < 4.78 is 42.8. The Labute approximate surface area is 124 Å². The first kappa shape index (κ1) is 14.4. The predicted molar refractivity (Wildman–Crippen MR) is 76.9 cm³/mol. The highest BCUT2D eigenvalue weighted by atomic mass is 19.4. The number of rotatable bonds is 3. The van der Waals surface area contributed by atoms with Crippen LogP contribution < -0.4 is 4.74 Å². The molecule has 0 amide bonds. The van der Waals surface area contributed by atoms with Gasteiger partial charge < -0.3 is 9.72 Å². The van der Waals surface area contributed by atoms with Crippen molar-refractivity contribution in [1.82, 2.24) is 9.97 Å². The third-order valence-electron chi connectivity index (χ3n) is 3.46. The molecule has 3 aromatic rings. The third-order valence-corrected chi connectivity index (χ3v) is 3.46. The Morgan fingerprint density at radius 1 is 1.09 bits per heavy atom. The Morgan fingerprint density at radius 2 is 1.82 bits per heavy atom. The number of aromatic nitrogens is 2. The number of methoxy groups -OCH3 is 1. The first-order chi connectivity index (χ1) is 10.5. The highest BCUT2D eigenvalue weighted by Gasteiger charge is 2.29. The first-order valence-electron chi connectivity index (χ1n) is 6.64. The predicted octanol–water partition coefficient (Wildman–Crippen LogP) is 4.18. The molecule has 6 heteroatoms. The minimum Gasteiger partial charge on any atom is -0.481 e. The van der Waals surface area contributed by atoms with Crippen molar-refractivity contribution < 1.29 is 17.9 Å². The molecule has 0 bridgehead atoms. The highest BCUT2D eigenvalue weighted by Crippen LogP contribution is 2.29. The molecular formula is C16H13F3N2O. The Balaban J connectivity index is 1.90. The Kier molecular flexibility index (Phi) is 3.52. The lowest BCUT2D eigenvalue weighted by molar-refractivity contribution is -0.137. The fourth-order valence-corrected chi connectivity index (χ4v) is 2.32. The normalized spacial score (nSPS) is 11.8. The lowest BCUT2D eigenvalue weighted by Gasteiger charge is -2.07. The average Bonchev–Trinajstić information content (AvgIpc) is 2.89. The Morgan fingerprint density at radius 3 is 2.45 bits per heavy atom. The van der Waals surface area contributed by atoms with Crippen LogP contribution in [0.1, 0.15) is 16.7 Å². The van der Waals surface area contributed by atoms with Crippen molar-refractivity contribution in [3.05, 3.63) is 59.3 Å². The lowest BCUT2D eigenvalue weighted by Crippen LogP contribution is -2.04. The van der Waals surface area contributed by atoms with Crippen LogP contribution in [0.25, 0.3) is 11.0 Å². The van der Waals surface area contributed by atoms with E-state index in [0.717, 1.165) is 34.3 Å². The molecule has 3 rings (SSSR count). The van der Waals surface area contributed by atoms with E-state index in [4.69, 9.17) is 4.74 Å². The molecule has 0 spiro atoms. The number of nitrogens with zero attached hydrogens (tertiary/aromatic N) is 1. The van der Waals surface area contributed by atoms with Crippen molar-refractivity contribution in [2.24, 2.45) is 0 Å². The highest BCUT2D eigenvalue weighted by molar-refractivity contribution is 5.79. The monoisotopic (exact) mass is 306 g/mol. The SMILES string of the molecule is COc1ccc2[nH]cc(Cc3ccc(C(F)(F)F)cc3)c2n1. The van der Waals surface area contributed by atoms with Gasteiger partial charge in [-0.25, -0.2) is 4.98 Å². The number of halogens is 3. The number of nitrogens with one attached hydrogen (secondary N) is 1. The molecule has 114 valence electrons. The maximum absolute atomic E-state index is 12.6. The second-order valence-electron chi connectivity index (χ2n) is 4.94. The zero-order valence-corrected chi connectivity index (χ0v) is 11.7. The van der Waals surface area contributed by atoms with Crippen LogP contribution >= 0.6 is 0 Å². The van der Waals surface area contributed by atoms with Gasteiger partial charge in [-0.2, -0.15) is 13.2 Å². The van der Waals surface area contributed by atoms with E-state index >= 15 is 0 Å². The van der Waals surface area contributed by atoms with Crippen LogP contribution in [0.2, 0.25) is 0 Å². The van der Waals surface area contributed by atoms with E-state index in [9.17, 15) is 13.2 Å². The summed E-state index contributed by atoms with van der Waals surface area (Å²) in [5.41, 5.74) is 2.68. The molecule has 1 aromatic carbocycles. The number of hydrogen-bond donors (Lipinski definition) is 1. The zero-order valence-electron chi connectivity index (χ0n) is 11.7. The van der Waals surface area contributed by atoms with Gasteiger partial charge in [0, 0.05) is 24.2 Å². The van der Waals surface area contributed by atoms with Gasteiger partial charge in [0.1, 0.15) is 0 Å². The molecule has 1 N–H and O–H groups in total. The number of alkyl halides is 3. The summed E-state index contributed by atoms with van der Waals surface area (Å²) in [6.07, 6.45) is -2.00. The number of H-pyrrole nitrogens is 1. The summed E-state index contributed by atoms with van der Waals surface area (Å²) in [6.45, 7) is 0. The van der Waals surface area contributed by atoms with E-state index in [-0.39, 0.29) is 0 Å². The van der Waals surface area contributed by atoms with Crippen LogP contribution in [0.5, 0.6) is 5.88 Å². The number of fused-ring (bicyclic) bond motifs is 1. The topological polar surface area (TPSA) is 37.9 Å². The smallest absolute Gasteiger partial charge is 0.416 e. The van der Waals surface area contributed by atoms with Crippen LogP contribution in [0, 0.1) is 0 Å². The quantitative estimate of drug-likeness (QED) is 0.788. The van der Waals surface area contributed by atoms with Crippen LogP contribution in [-0.4, -0.2) is 17.1 Å². The maximum atomic E-state index is 12.6. The molecule has 22 heavy (non-hydrogen) atoms. The van der Waals surface area contributed by atoms with Crippen LogP contribution in [0.3, 0.4) is 0 Å². The van der Waals surface area contributed by atoms with E-state index in [1.54, 1.807) is 6.07 Å². The minimum atomic E-state index is -4.31. The average molecular weight is 306 g/mol. The fraction of sp³-hybridized carbons (Fsp3) is 0.188. The number of pyridine rings is 1. The third kappa shape index (κ3) is 2.77. The van der Waals surface area contributed by atoms with Gasteiger partial charge in [0.15, 0.2) is 0 Å². The minimum absolute atomic E-state index is 0.498. The van der Waals surface area contributed by atoms with Gasteiger partial charge in [-0.3, -0.25) is 0 Å². The van der Waals surface area contributed by atoms with Crippen molar-refractivity contribution in [3.8, 4) is 5.88 Å². The van der Waals surface area contributed by atoms with Crippen molar-refractivity contribution in [2.75, 3.05) is 7.11 Å². The molecule has 0 aliphatic heterocycles. The lowest BCUT2D eigenvalue weighted by atomic mass is 10.0. The van der Waals surface area contributed by atoms with Gasteiger partial charge in [0.25, 0.3) is 0 Å². The molecular weight excluding hydrogens is 293 g/mol. The van der Waals surface area contributed by atoms with Crippen molar-refractivity contribution in [1.29, 1.82) is 0 Å². The van der Waals surface area contributed by atoms with Gasteiger partial charge in [-0.1, -0.05) is 12.1 Å². The van der Waals surface area contributed by atoms with Gasteiger partial charge in [-0.05, 0) is 23.8 Å². The van der Waals surface area contributed by atoms with Crippen LogP contribution in [0.4, 0.5) is 13.2 Å². The van der Waals surface area contributed by atoms with Crippen molar-refractivity contribution in [3.63, 3.8) is 0 Å². The van der Waals surface area contributed by atoms with Gasteiger partial charge in [0.2, 0.25) is 5.88 Å². The molecule has 2 heterocycles. The van der Waals surface area contributed by atoms with E-state index in [1.807, 2.05) is 12.3 Å². The number of benzene rings is 1. The second-order valence-corrected chi connectivity index (χ2v) is 4.94. The Bertz CT molecular complexity index is 791. The summed E-state index contributed by atoms with van der Waals surface area (Å²) in [5.74, 6) is 0.501. The standard InChI is InChI=1S/C16H13F3N2O/c1-22-14-7-6-13-15(21-14)11(9-20-13)8-10-2-4-12(5-3-10)16(17,18)19/h2-7,9,20H,8H2,1H3. The van der Waals surface area contributed by atoms with E-state index < -0.39 is 11.7 Å². The van der Waals surface area contributed by atoms with Gasteiger partial charge in [-0.15, -0.1) is 0 Å². The maximum Gasteiger partial charge on any atom is 0.416 e. The summed E-state index contributed by atoms with van der Waals surface area (Å²) in [5, 5.41) is 0. The Hall–Kier alpha value is -2.50.